The van der Waals surface area contributed by atoms with Gasteiger partial charge in [0.05, 0.1) is 10.7 Å². The first kappa shape index (κ1) is 10.7. The van der Waals surface area contributed by atoms with Crippen molar-refractivity contribution in [1.82, 2.24) is 4.98 Å². The van der Waals surface area contributed by atoms with E-state index in [0.29, 0.717) is 12.0 Å². The number of rotatable bonds is 2. The highest BCUT2D eigenvalue weighted by molar-refractivity contribution is 7.09. The SMILES string of the molecule is NC1CCC(c2nc(C3CCC3)cs2)CC1. The average Bonchev–Trinajstić information content (AvgIpc) is 2.65. The lowest BCUT2D eigenvalue weighted by atomic mass is 9.83. The zero-order valence-electron chi connectivity index (χ0n) is 9.69. The second kappa shape index (κ2) is 4.46. The minimum Gasteiger partial charge on any atom is -0.328 e. The van der Waals surface area contributed by atoms with Crippen LogP contribution in [-0.2, 0) is 0 Å². The maximum atomic E-state index is 5.94. The first-order chi connectivity index (χ1) is 7.83. The summed E-state index contributed by atoms with van der Waals surface area (Å²) in [6.07, 6.45) is 8.98. The molecule has 0 aliphatic heterocycles. The number of hydrogen-bond donors (Lipinski definition) is 1. The second-order valence-electron chi connectivity index (χ2n) is 5.35. The van der Waals surface area contributed by atoms with Gasteiger partial charge in [-0.1, -0.05) is 6.42 Å². The normalized spacial score (nSPS) is 31.3. The lowest BCUT2D eigenvalue weighted by Gasteiger charge is -2.25. The van der Waals surface area contributed by atoms with Gasteiger partial charge in [0.25, 0.3) is 0 Å². The molecular weight excluding hydrogens is 216 g/mol. The third-order valence-electron chi connectivity index (χ3n) is 4.18. The molecule has 0 radical (unpaired) electrons. The molecule has 3 rings (SSSR count). The van der Waals surface area contributed by atoms with Crippen LogP contribution in [0.3, 0.4) is 0 Å². The summed E-state index contributed by atoms with van der Waals surface area (Å²) >= 11 is 1.88. The smallest absolute Gasteiger partial charge is 0.0959 e. The van der Waals surface area contributed by atoms with Crippen molar-refractivity contribution in [1.29, 1.82) is 0 Å². The van der Waals surface area contributed by atoms with Crippen LogP contribution in [0.4, 0.5) is 0 Å². The molecule has 1 aromatic rings. The molecule has 2 fully saturated rings. The maximum Gasteiger partial charge on any atom is 0.0959 e. The molecule has 2 N–H and O–H groups in total. The van der Waals surface area contributed by atoms with Crippen LogP contribution in [-0.4, -0.2) is 11.0 Å². The Labute approximate surface area is 101 Å². The van der Waals surface area contributed by atoms with Crippen molar-refractivity contribution in [2.75, 3.05) is 0 Å². The van der Waals surface area contributed by atoms with Crippen LogP contribution >= 0.6 is 11.3 Å². The Balaban J connectivity index is 1.67. The first-order valence-electron chi connectivity index (χ1n) is 6.54. The van der Waals surface area contributed by atoms with Crippen molar-refractivity contribution < 1.29 is 0 Å². The van der Waals surface area contributed by atoms with Gasteiger partial charge in [-0.25, -0.2) is 4.98 Å². The topological polar surface area (TPSA) is 38.9 Å². The lowest BCUT2D eigenvalue weighted by Crippen LogP contribution is -2.25. The average molecular weight is 236 g/mol. The van der Waals surface area contributed by atoms with Gasteiger partial charge in [-0.05, 0) is 38.5 Å². The van der Waals surface area contributed by atoms with Gasteiger partial charge in [0.1, 0.15) is 0 Å². The highest BCUT2D eigenvalue weighted by Crippen LogP contribution is 2.39. The Morgan fingerprint density at radius 2 is 1.81 bits per heavy atom. The van der Waals surface area contributed by atoms with Gasteiger partial charge in [-0.15, -0.1) is 11.3 Å². The maximum absolute atomic E-state index is 5.94. The molecule has 0 aromatic carbocycles. The predicted octanol–water partition coefficient (Wildman–Crippen LogP) is 3.40. The molecule has 2 aliphatic rings. The molecule has 16 heavy (non-hydrogen) atoms. The first-order valence-corrected chi connectivity index (χ1v) is 7.42. The minimum atomic E-state index is 0.447. The van der Waals surface area contributed by atoms with Gasteiger partial charge in [0.2, 0.25) is 0 Å². The van der Waals surface area contributed by atoms with Crippen LogP contribution in [0.25, 0.3) is 0 Å². The molecule has 1 aromatic heterocycles. The molecule has 2 saturated carbocycles. The summed E-state index contributed by atoms with van der Waals surface area (Å²) in [6.45, 7) is 0. The number of nitrogens with two attached hydrogens (primary N) is 1. The molecule has 3 heteroatoms. The van der Waals surface area contributed by atoms with Crippen LogP contribution in [0.15, 0.2) is 5.38 Å². The van der Waals surface area contributed by atoms with E-state index in [0.717, 1.165) is 5.92 Å². The second-order valence-corrected chi connectivity index (χ2v) is 6.24. The number of thiazole rings is 1. The van der Waals surface area contributed by atoms with E-state index in [2.05, 4.69) is 5.38 Å². The molecule has 0 unspecified atom stereocenters. The van der Waals surface area contributed by atoms with Crippen molar-refractivity contribution in [2.45, 2.75) is 62.8 Å². The van der Waals surface area contributed by atoms with E-state index in [1.165, 1.54) is 55.6 Å². The van der Waals surface area contributed by atoms with Crippen LogP contribution < -0.4 is 5.73 Å². The Morgan fingerprint density at radius 1 is 1.06 bits per heavy atom. The van der Waals surface area contributed by atoms with Crippen molar-refractivity contribution >= 4 is 11.3 Å². The summed E-state index contributed by atoms with van der Waals surface area (Å²) in [5.74, 6) is 1.49. The van der Waals surface area contributed by atoms with Crippen LogP contribution in [0.5, 0.6) is 0 Å². The Bertz CT molecular complexity index is 349. The van der Waals surface area contributed by atoms with Gasteiger partial charge >= 0.3 is 0 Å². The Hall–Kier alpha value is -0.410. The van der Waals surface area contributed by atoms with Crippen LogP contribution in [0.2, 0.25) is 0 Å². The van der Waals surface area contributed by atoms with Gasteiger partial charge in [-0.3, -0.25) is 0 Å². The predicted molar refractivity (Wildman–Crippen MR) is 67.9 cm³/mol. The van der Waals surface area contributed by atoms with E-state index in [9.17, 15) is 0 Å². The quantitative estimate of drug-likeness (QED) is 0.854. The van der Waals surface area contributed by atoms with Gasteiger partial charge in [-0.2, -0.15) is 0 Å². The molecule has 0 bridgehead atoms. The van der Waals surface area contributed by atoms with Crippen molar-refractivity contribution in [2.24, 2.45) is 5.73 Å². The summed E-state index contributed by atoms with van der Waals surface area (Å²) in [6, 6.07) is 0.447. The van der Waals surface area contributed by atoms with Gasteiger partial charge < -0.3 is 5.73 Å². The summed E-state index contributed by atoms with van der Waals surface area (Å²) in [7, 11) is 0. The van der Waals surface area contributed by atoms with E-state index >= 15 is 0 Å². The number of aromatic nitrogens is 1. The van der Waals surface area contributed by atoms with Crippen LogP contribution in [0.1, 0.15) is 67.5 Å². The fourth-order valence-electron chi connectivity index (χ4n) is 2.75. The lowest BCUT2D eigenvalue weighted by molar-refractivity contribution is 0.389. The van der Waals surface area contributed by atoms with E-state index in [1.54, 1.807) is 0 Å². The third-order valence-corrected chi connectivity index (χ3v) is 5.21. The van der Waals surface area contributed by atoms with E-state index < -0.39 is 0 Å². The third kappa shape index (κ3) is 2.03. The molecule has 2 nitrogen and oxygen atoms in total. The standard InChI is InChI=1S/C13H20N2S/c14-11-6-4-10(5-7-11)13-15-12(8-16-13)9-2-1-3-9/h8-11H,1-7,14H2. The molecule has 0 saturated heterocycles. The van der Waals surface area contributed by atoms with E-state index in [-0.39, 0.29) is 0 Å². The van der Waals surface area contributed by atoms with Crippen molar-refractivity contribution in [3.8, 4) is 0 Å². The van der Waals surface area contributed by atoms with Gasteiger partial charge in [0, 0.05) is 23.3 Å². The summed E-state index contributed by atoms with van der Waals surface area (Å²) in [4.78, 5) is 4.86. The summed E-state index contributed by atoms with van der Waals surface area (Å²) < 4.78 is 0. The zero-order valence-corrected chi connectivity index (χ0v) is 10.5. The number of nitrogens with zero attached hydrogens (tertiary/aromatic N) is 1. The summed E-state index contributed by atoms with van der Waals surface area (Å²) in [5.41, 5.74) is 7.32. The molecule has 88 valence electrons. The molecule has 2 aliphatic carbocycles. The molecule has 0 amide bonds. The minimum absolute atomic E-state index is 0.447. The van der Waals surface area contributed by atoms with Gasteiger partial charge in [0.15, 0.2) is 0 Å². The highest BCUT2D eigenvalue weighted by atomic mass is 32.1. The van der Waals surface area contributed by atoms with Crippen molar-refractivity contribution in [3.05, 3.63) is 16.1 Å². The van der Waals surface area contributed by atoms with Crippen LogP contribution in [0, 0.1) is 0 Å². The Kier molecular flexibility index (Phi) is 2.99. The molecule has 1 heterocycles. The largest absolute Gasteiger partial charge is 0.328 e. The molecule has 0 atom stereocenters. The fraction of sp³-hybridized carbons (Fsp3) is 0.769. The van der Waals surface area contributed by atoms with Crippen molar-refractivity contribution in [3.63, 3.8) is 0 Å². The zero-order chi connectivity index (χ0) is 11.0. The fourth-order valence-corrected chi connectivity index (χ4v) is 3.82. The molecule has 0 spiro atoms. The summed E-state index contributed by atoms with van der Waals surface area (Å²) in [5, 5.41) is 3.68. The van der Waals surface area contributed by atoms with E-state index in [1.807, 2.05) is 11.3 Å². The number of hydrogen-bond acceptors (Lipinski definition) is 3. The van der Waals surface area contributed by atoms with E-state index in [4.69, 9.17) is 10.7 Å². The highest BCUT2D eigenvalue weighted by Gasteiger charge is 2.26. The molecular formula is C13H20N2S. The monoisotopic (exact) mass is 236 g/mol. The Morgan fingerprint density at radius 3 is 2.44 bits per heavy atom.